The van der Waals surface area contributed by atoms with Gasteiger partial charge in [-0.1, -0.05) is 31.9 Å². The fourth-order valence-corrected chi connectivity index (χ4v) is 11.1. The van der Waals surface area contributed by atoms with Crippen LogP contribution in [0.3, 0.4) is 0 Å². The Balaban J connectivity index is 1.80. The Hall–Kier alpha value is -0.0256. The van der Waals surface area contributed by atoms with Crippen molar-refractivity contribution in [2.24, 2.45) is 40.4 Å². The molecular formula is C25H51B9O4. The first-order chi connectivity index (χ1) is 17.1. The van der Waals surface area contributed by atoms with Gasteiger partial charge < -0.3 is 15.3 Å². The highest BCUT2D eigenvalue weighted by molar-refractivity contribution is 6.68. The second-order valence-electron chi connectivity index (χ2n) is 17.5. The SMILES string of the molecule is BC(B)(CC[C@H]1CC[C@H]2[C@H]3[C@H](CC[C@]12C)[C@@]1(C)CC[C@@H](O)C[C@H]1C(B)(C(B)(B)C(B)(B)B)[C@@]3(B)O)C(=O)O. The lowest BCUT2D eigenvalue weighted by atomic mass is 9.10. The molecule has 0 aromatic carbocycles. The molecule has 13 heteroatoms. The van der Waals surface area contributed by atoms with Crippen LogP contribution in [0.15, 0.2) is 0 Å². The molecule has 0 amide bonds. The molecule has 4 saturated carbocycles. The molecule has 4 aliphatic carbocycles. The number of carbonyl (C=O) groups is 1. The number of fused-ring (bicyclic) bond motifs is 5. The summed E-state index contributed by atoms with van der Waals surface area (Å²) in [4.78, 5) is 11.8. The van der Waals surface area contributed by atoms with E-state index in [2.05, 4.69) is 68.8 Å². The van der Waals surface area contributed by atoms with Gasteiger partial charge in [0.05, 0.1) is 45.3 Å². The number of carboxylic acid groups (broad SMARTS) is 1. The summed E-state index contributed by atoms with van der Waals surface area (Å²) in [5.74, 6) is 1.22. The van der Waals surface area contributed by atoms with E-state index in [-0.39, 0.29) is 44.4 Å². The van der Waals surface area contributed by atoms with Crippen LogP contribution in [0.4, 0.5) is 0 Å². The molecule has 38 heavy (non-hydrogen) atoms. The average molecular weight is 513 g/mol. The van der Waals surface area contributed by atoms with E-state index < -0.39 is 16.7 Å². The maximum Gasteiger partial charge on any atom is 0.293 e. The van der Waals surface area contributed by atoms with Crippen molar-refractivity contribution in [3.05, 3.63) is 0 Å². The van der Waals surface area contributed by atoms with Gasteiger partial charge in [0.1, 0.15) is 31.4 Å². The van der Waals surface area contributed by atoms with Gasteiger partial charge in [0.25, 0.3) is 5.97 Å². The minimum absolute atomic E-state index is 0.0134. The molecule has 0 spiro atoms. The number of carboxylic acids is 1. The highest BCUT2D eigenvalue weighted by Crippen LogP contribution is 2.80. The molecule has 0 bridgehead atoms. The Morgan fingerprint density at radius 3 is 2.00 bits per heavy atom. The first kappa shape index (κ1) is 30.9. The zero-order valence-corrected chi connectivity index (χ0v) is 26.6. The second-order valence-corrected chi connectivity index (χ2v) is 17.5. The number of hydrogen-bond donors (Lipinski definition) is 3. The van der Waals surface area contributed by atoms with Crippen molar-refractivity contribution in [1.82, 2.24) is 0 Å². The van der Waals surface area contributed by atoms with E-state index in [0.29, 0.717) is 24.2 Å². The Morgan fingerprint density at radius 1 is 0.895 bits per heavy atom. The molecule has 4 fully saturated rings. The van der Waals surface area contributed by atoms with E-state index in [1.54, 1.807) is 0 Å². The number of aliphatic hydroxyl groups excluding tert-OH is 1. The Labute approximate surface area is 240 Å². The van der Waals surface area contributed by atoms with Crippen molar-refractivity contribution in [2.75, 3.05) is 0 Å². The van der Waals surface area contributed by atoms with E-state index in [1.807, 2.05) is 15.7 Å². The van der Waals surface area contributed by atoms with Crippen molar-refractivity contribution in [3.63, 3.8) is 0 Å². The maximum atomic E-state index is 13.1. The van der Waals surface area contributed by atoms with E-state index in [0.717, 1.165) is 44.9 Å². The van der Waals surface area contributed by atoms with Crippen molar-refractivity contribution >= 4 is 76.6 Å². The second kappa shape index (κ2) is 9.24. The fraction of sp³-hybridized carbons (Fsp3) is 0.960. The first-order valence-corrected chi connectivity index (χ1v) is 15.7. The summed E-state index contributed by atoms with van der Waals surface area (Å²) >= 11 is 0. The number of aliphatic hydroxyl groups is 2. The lowest BCUT2D eigenvalue weighted by molar-refractivity contribution is -0.215. The van der Waals surface area contributed by atoms with Gasteiger partial charge in [0.2, 0.25) is 0 Å². The van der Waals surface area contributed by atoms with Crippen LogP contribution in [0.5, 0.6) is 0 Å². The standard InChI is InChI=1S/C25H51B9O4/c1-19-9-7-15-17(14(19)4-3-12(19)5-10-21(26,27)18(36)37)23(29,38)22(28,24(30,31)25(32,33)34)16-11-13(35)6-8-20(15,16)2/h12-17,35,38H,3-11,26-34H2,1-2H3,(H,36,37)/t12-,13-,14+,15+,16-,17+,19-,20-,22?,23+/m1/s1. The predicted molar refractivity (Wildman–Crippen MR) is 181 cm³/mol. The summed E-state index contributed by atoms with van der Waals surface area (Å²) in [5, 5.41) is 32.7. The van der Waals surface area contributed by atoms with Gasteiger partial charge >= 0.3 is 0 Å². The highest BCUT2D eigenvalue weighted by atomic mass is 16.4. The highest BCUT2D eigenvalue weighted by Gasteiger charge is 2.74. The molecule has 4 aliphatic rings. The maximum absolute atomic E-state index is 13.1. The Bertz CT molecular complexity index is 956. The molecule has 0 aliphatic heterocycles. The fourth-order valence-electron chi connectivity index (χ4n) is 11.1. The van der Waals surface area contributed by atoms with Gasteiger partial charge in [-0.25, -0.2) is 0 Å². The summed E-state index contributed by atoms with van der Waals surface area (Å²) in [7, 11) is 20.1. The van der Waals surface area contributed by atoms with Gasteiger partial charge in [0, 0.05) is 10.7 Å². The van der Waals surface area contributed by atoms with Gasteiger partial charge in [-0.3, -0.25) is 4.79 Å². The molecule has 0 radical (unpaired) electrons. The first-order valence-electron chi connectivity index (χ1n) is 15.7. The molecule has 202 valence electrons. The predicted octanol–water partition coefficient (Wildman–Crippen LogP) is -4.06. The van der Waals surface area contributed by atoms with Gasteiger partial charge in [-0.05, 0) is 90.7 Å². The van der Waals surface area contributed by atoms with Crippen LogP contribution in [0.25, 0.3) is 0 Å². The number of hydrogen-bond acceptors (Lipinski definition) is 3. The van der Waals surface area contributed by atoms with Crippen molar-refractivity contribution in [3.8, 4) is 0 Å². The average Bonchev–Trinajstić information content (AvgIpc) is 3.12. The minimum Gasteiger partial charge on any atom is -0.482 e. The lowest BCUT2D eigenvalue weighted by Gasteiger charge is -2.76. The van der Waals surface area contributed by atoms with Gasteiger partial charge in [-0.15, -0.1) is 5.11 Å². The zero-order chi connectivity index (χ0) is 28.9. The monoisotopic (exact) mass is 514 g/mol. The molecule has 3 N–H and O–H groups in total. The molecule has 0 heterocycles. The third-order valence-electron chi connectivity index (χ3n) is 14.9. The Kier molecular flexibility index (Phi) is 7.52. The number of rotatable bonds is 6. The normalized spacial score (nSPS) is 47.5. The van der Waals surface area contributed by atoms with E-state index >= 15 is 0 Å². The van der Waals surface area contributed by atoms with Crippen molar-refractivity contribution in [1.29, 1.82) is 0 Å². The van der Waals surface area contributed by atoms with E-state index in [1.165, 1.54) is 6.42 Å². The minimum atomic E-state index is -0.864. The van der Waals surface area contributed by atoms with Crippen LogP contribution in [-0.2, 0) is 4.79 Å². The molecule has 4 nitrogen and oxygen atoms in total. The van der Waals surface area contributed by atoms with E-state index in [9.17, 15) is 20.1 Å². The van der Waals surface area contributed by atoms with Crippen molar-refractivity contribution in [2.45, 2.75) is 104 Å². The smallest absolute Gasteiger partial charge is 0.293 e. The van der Waals surface area contributed by atoms with Crippen LogP contribution in [0.2, 0.25) is 20.9 Å². The summed E-state index contributed by atoms with van der Waals surface area (Å²) in [5.41, 5.74) is -0.616. The van der Waals surface area contributed by atoms with Gasteiger partial charge in [0.15, 0.2) is 0 Å². The quantitative estimate of drug-likeness (QED) is 0.317. The molecule has 0 aromatic heterocycles. The third kappa shape index (κ3) is 4.07. The molecular weight excluding hydrogens is 462 g/mol. The van der Waals surface area contributed by atoms with Crippen molar-refractivity contribution < 1.29 is 20.1 Å². The van der Waals surface area contributed by atoms with Crippen LogP contribution in [0.1, 0.15) is 71.6 Å². The molecule has 4 rings (SSSR count). The van der Waals surface area contributed by atoms with Crippen LogP contribution >= 0.6 is 0 Å². The van der Waals surface area contributed by atoms with Gasteiger partial charge in [-0.2, -0.15) is 0 Å². The molecule has 10 atom stereocenters. The third-order valence-corrected chi connectivity index (χ3v) is 14.9. The van der Waals surface area contributed by atoms with Crippen LogP contribution in [0, 0.1) is 40.4 Å². The summed E-state index contributed by atoms with van der Waals surface area (Å²) in [6.07, 6.45) is 8.72. The summed E-state index contributed by atoms with van der Waals surface area (Å²) in [6, 6.07) is 0. The number of aliphatic carboxylic acids is 1. The topological polar surface area (TPSA) is 77.8 Å². The summed E-state index contributed by atoms with van der Waals surface area (Å²) in [6.45, 7) is 5.01. The largest absolute Gasteiger partial charge is 0.482 e. The van der Waals surface area contributed by atoms with E-state index in [4.69, 9.17) is 0 Å². The summed E-state index contributed by atoms with van der Waals surface area (Å²) < 4.78 is 0. The molecule has 0 saturated heterocycles. The van der Waals surface area contributed by atoms with Crippen LogP contribution in [-0.4, -0.2) is 104 Å². The Morgan fingerprint density at radius 2 is 1.45 bits per heavy atom. The molecule has 1 unspecified atom stereocenters. The lowest BCUT2D eigenvalue weighted by Crippen LogP contribution is -2.74. The van der Waals surface area contributed by atoms with Crippen LogP contribution < -0.4 is 0 Å². The zero-order valence-electron chi connectivity index (χ0n) is 26.6. The molecule has 0 aromatic rings.